The molecule has 3 N–H and O–H groups in total. The van der Waals surface area contributed by atoms with Crippen molar-refractivity contribution in [2.75, 3.05) is 20.1 Å². The van der Waals surface area contributed by atoms with Crippen LogP contribution in [-0.2, 0) is 12.8 Å². The van der Waals surface area contributed by atoms with Crippen LogP contribution < -0.4 is 10.6 Å². The van der Waals surface area contributed by atoms with Gasteiger partial charge in [0.2, 0.25) is 0 Å². The molecule has 0 aliphatic heterocycles. The van der Waals surface area contributed by atoms with E-state index in [2.05, 4.69) is 15.6 Å². The van der Waals surface area contributed by atoms with Gasteiger partial charge in [-0.1, -0.05) is 24.3 Å². The van der Waals surface area contributed by atoms with Crippen LogP contribution >= 0.6 is 0 Å². The molecular weight excluding hydrogens is 305 g/mol. The number of hydrogen-bond acceptors (Lipinski definition) is 2. The number of aryl methyl sites for hydroxylation is 1. The van der Waals surface area contributed by atoms with Gasteiger partial charge in [-0.3, -0.25) is 4.99 Å². The average molecular weight is 329 g/mol. The van der Waals surface area contributed by atoms with Gasteiger partial charge in [-0.15, -0.1) is 0 Å². The Morgan fingerprint density at radius 1 is 0.917 bits per heavy atom. The van der Waals surface area contributed by atoms with E-state index in [1.807, 2.05) is 12.1 Å². The third-order valence-corrected chi connectivity index (χ3v) is 3.71. The standard InChI is InChI=1S/C19H24FN3O/c1-21-19(23-14-12-16-4-8-17(20)9-5-16)22-13-2-3-15-6-10-18(24)11-7-15/h4-11,24H,2-3,12-14H2,1H3,(H2,21,22,23). The molecule has 0 saturated heterocycles. The van der Waals surface area contributed by atoms with Gasteiger partial charge in [0.1, 0.15) is 11.6 Å². The number of guanidine groups is 1. The lowest BCUT2D eigenvalue weighted by Gasteiger charge is -2.12. The first kappa shape index (κ1) is 17.8. The maximum absolute atomic E-state index is 12.8. The zero-order valence-corrected chi connectivity index (χ0v) is 13.9. The molecule has 0 amide bonds. The molecule has 0 aromatic heterocycles. The second-order valence-corrected chi connectivity index (χ2v) is 5.57. The predicted octanol–water partition coefficient (Wildman–Crippen LogP) is 2.87. The van der Waals surface area contributed by atoms with Crippen LogP contribution in [0.5, 0.6) is 5.75 Å². The molecule has 0 aliphatic carbocycles. The van der Waals surface area contributed by atoms with E-state index >= 15 is 0 Å². The van der Waals surface area contributed by atoms with Crippen LogP contribution in [-0.4, -0.2) is 31.2 Å². The van der Waals surface area contributed by atoms with Crippen LogP contribution in [0.3, 0.4) is 0 Å². The number of rotatable bonds is 7. The molecule has 0 spiro atoms. The molecular formula is C19H24FN3O. The Morgan fingerprint density at radius 3 is 2.17 bits per heavy atom. The summed E-state index contributed by atoms with van der Waals surface area (Å²) in [6.45, 7) is 1.56. The summed E-state index contributed by atoms with van der Waals surface area (Å²) in [5.74, 6) is 0.850. The Balaban J connectivity index is 1.63. The summed E-state index contributed by atoms with van der Waals surface area (Å²) in [4.78, 5) is 4.19. The molecule has 0 bridgehead atoms. The maximum atomic E-state index is 12.8. The van der Waals surface area contributed by atoms with E-state index in [0.717, 1.165) is 43.9 Å². The topological polar surface area (TPSA) is 56.7 Å². The molecule has 2 aromatic carbocycles. The fraction of sp³-hybridized carbons (Fsp3) is 0.316. The molecule has 2 aromatic rings. The number of aliphatic imine (C=N–C) groups is 1. The molecule has 0 heterocycles. The molecule has 0 unspecified atom stereocenters. The minimum atomic E-state index is -0.210. The highest BCUT2D eigenvalue weighted by atomic mass is 19.1. The fourth-order valence-electron chi connectivity index (χ4n) is 2.36. The number of hydrogen-bond donors (Lipinski definition) is 3. The van der Waals surface area contributed by atoms with Crippen molar-refractivity contribution in [2.24, 2.45) is 4.99 Å². The molecule has 0 saturated carbocycles. The van der Waals surface area contributed by atoms with Gasteiger partial charge in [-0.05, 0) is 54.7 Å². The van der Waals surface area contributed by atoms with E-state index in [1.54, 1.807) is 31.3 Å². The van der Waals surface area contributed by atoms with E-state index in [0.29, 0.717) is 5.75 Å². The SMILES string of the molecule is CN=C(NCCCc1ccc(O)cc1)NCCc1ccc(F)cc1. The molecule has 0 radical (unpaired) electrons. The maximum Gasteiger partial charge on any atom is 0.190 e. The monoisotopic (exact) mass is 329 g/mol. The number of phenolic OH excluding ortho intramolecular Hbond substituents is 1. The Bertz CT molecular complexity index is 639. The molecule has 4 nitrogen and oxygen atoms in total. The van der Waals surface area contributed by atoms with E-state index in [4.69, 9.17) is 0 Å². The summed E-state index contributed by atoms with van der Waals surface area (Å²) in [6, 6.07) is 13.8. The van der Waals surface area contributed by atoms with E-state index in [1.165, 1.54) is 17.7 Å². The minimum Gasteiger partial charge on any atom is -0.508 e. The van der Waals surface area contributed by atoms with Gasteiger partial charge in [-0.2, -0.15) is 0 Å². The van der Waals surface area contributed by atoms with Gasteiger partial charge in [-0.25, -0.2) is 4.39 Å². The second-order valence-electron chi connectivity index (χ2n) is 5.57. The van der Waals surface area contributed by atoms with Gasteiger partial charge in [0, 0.05) is 20.1 Å². The zero-order chi connectivity index (χ0) is 17.2. The molecule has 0 aliphatic rings. The highest BCUT2D eigenvalue weighted by molar-refractivity contribution is 5.79. The van der Waals surface area contributed by atoms with Gasteiger partial charge in [0.25, 0.3) is 0 Å². The lowest BCUT2D eigenvalue weighted by atomic mass is 10.1. The number of halogens is 1. The Labute approximate surface area is 142 Å². The van der Waals surface area contributed by atoms with Crippen molar-refractivity contribution in [1.82, 2.24) is 10.6 Å². The lowest BCUT2D eigenvalue weighted by molar-refractivity contribution is 0.475. The van der Waals surface area contributed by atoms with Crippen molar-refractivity contribution in [3.8, 4) is 5.75 Å². The third kappa shape index (κ3) is 6.28. The second kappa shape index (κ2) is 9.55. The van der Waals surface area contributed by atoms with Crippen LogP contribution in [0.15, 0.2) is 53.5 Å². The van der Waals surface area contributed by atoms with Gasteiger partial charge >= 0.3 is 0 Å². The summed E-state index contributed by atoms with van der Waals surface area (Å²) in [5, 5.41) is 15.8. The van der Waals surface area contributed by atoms with Crippen LogP contribution in [0.25, 0.3) is 0 Å². The van der Waals surface area contributed by atoms with Crippen molar-refractivity contribution in [3.05, 3.63) is 65.5 Å². The number of nitrogens with one attached hydrogen (secondary N) is 2. The molecule has 128 valence electrons. The number of nitrogens with zero attached hydrogens (tertiary/aromatic N) is 1. The fourth-order valence-corrected chi connectivity index (χ4v) is 2.36. The molecule has 0 fully saturated rings. The first-order chi connectivity index (χ1) is 11.7. The minimum absolute atomic E-state index is 0.210. The van der Waals surface area contributed by atoms with E-state index in [-0.39, 0.29) is 5.82 Å². The average Bonchev–Trinajstić information content (AvgIpc) is 2.60. The third-order valence-electron chi connectivity index (χ3n) is 3.71. The van der Waals surface area contributed by atoms with Crippen molar-refractivity contribution in [2.45, 2.75) is 19.3 Å². The summed E-state index contributed by atoms with van der Waals surface area (Å²) in [7, 11) is 1.74. The van der Waals surface area contributed by atoms with Crippen LogP contribution in [0.4, 0.5) is 4.39 Å². The molecule has 2 rings (SSSR count). The number of aromatic hydroxyl groups is 1. The molecule has 0 atom stereocenters. The highest BCUT2D eigenvalue weighted by Crippen LogP contribution is 2.10. The summed E-state index contributed by atoms with van der Waals surface area (Å²) in [5.41, 5.74) is 2.29. The van der Waals surface area contributed by atoms with Crippen LogP contribution in [0.1, 0.15) is 17.5 Å². The predicted molar refractivity (Wildman–Crippen MR) is 95.9 cm³/mol. The van der Waals surface area contributed by atoms with Crippen LogP contribution in [0.2, 0.25) is 0 Å². The quantitative estimate of drug-likeness (QED) is 0.416. The van der Waals surface area contributed by atoms with Gasteiger partial charge in [0.15, 0.2) is 5.96 Å². The Hall–Kier alpha value is -2.56. The molecule has 5 heteroatoms. The normalized spacial score (nSPS) is 11.3. The highest BCUT2D eigenvalue weighted by Gasteiger charge is 1.99. The first-order valence-electron chi connectivity index (χ1n) is 8.14. The van der Waals surface area contributed by atoms with Crippen molar-refractivity contribution in [3.63, 3.8) is 0 Å². The van der Waals surface area contributed by atoms with Gasteiger partial charge < -0.3 is 15.7 Å². The summed E-state index contributed by atoms with van der Waals surface area (Å²) < 4.78 is 12.8. The smallest absolute Gasteiger partial charge is 0.190 e. The summed E-state index contributed by atoms with van der Waals surface area (Å²) >= 11 is 0. The lowest BCUT2D eigenvalue weighted by Crippen LogP contribution is -2.38. The number of phenols is 1. The Morgan fingerprint density at radius 2 is 1.50 bits per heavy atom. The summed E-state index contributed by atoms with van der Waals surface area (Å²) in [6.07, 6.45) is 2.73. The number of benzene rings is 2. The van der Waals surface area contributed by atoms with Gasteiger partial charge in [0.05, 0.1) is 0 Å². The van der Waals surface area contributed by atoms with Crippen molar-refractivity contribution < 1.29 is 9.50 Å². The zero-order valence-electron chi connectivity index (χ0n) is 13.9. The van der Waals surface area contributed by atoms with Crippen LogP contribution in [0, 0.1) is 5.82 Å². The largest absolute Gasteiger partial charge is 0.508 e. The first-order valence-corrected chi connectivity index (χ1v) is 8.14. The van der Waals surface area contributed by atoms with E-state index < -0.39 is 0 Å². The van der Waals surface area contributed by atoms with Crippen molar-refractivity contribution in [1.29, 1.82) is 0 Å². The molecule has 24 heavy (non-hydrogen) atoms. The van der Waals surface area contributed by atoms with E-state index in [9.17, 15) is 9.50 Å². The van der Waals surface area contributed by atoms with Crippen molar-refractivity contribution >= 4 is 5.96 Å². The Kier molecular flexibility index (Phi) is 7.08.